The van der Waals surface area contributed by atoms with Gasteiger partial charge in [0.25, 0.3) is 5.91 Å². The van der Waals surface area contributed by atoms with Crippen molar-refractivity contribution >= 4 is 40.2 Å². The van der Waals surface area contributed by atoms with Crippen LogP contribution in [0, 0.1) is 0 Å². The number of hydrazone groups is 1. The predicted octanol–water partition coefficient (Wildman–Crippen LogP) is 4.06. The molecule has 0 atom stereocenters. The smallest absolute Gasteiger partial charge is 0.259 e. The van der Waals surface area contributed by atoms with Crippen molar-refractivity contribution in [2.45, 2.75) is 0 Å². The third-order valence-electron chi connectivity index (χ3n) is 3.85. The quantitative estimate of drug-likeness (QED) is 0.510. The van der Waals surface area contributed by atoms with Gasteiger partial charge in [-0.1, -0.05) is 54.1 Å². The number of para-hydroxylation sites is 1. The summed E-state index contributed by atoms with van der Waals surface area (Å²) in [6.07, 6.45) is 1.59. The van der Waals surface area contributed by atoms with Gasteiger partial charge in [0.1, 0.15) is 5.75 Å². The van der Waals surface area contributed by atoms with Crippen LogP contribution in [0.1, 0.15) is 5.56 Å². The van der Waals surface area contributed by atoms with Gasteiger partial charge in [-0.05, 0) is 29.0 Å². The van der Waals surface area contributed by atoms with Crippen LogP contribution in [-0.2, 0) is 4.79 Å². The summed E-state index contributed by atoms with van der Waals surface area (Å²) in [6, 6.07) is 19.0. The van der Waals surface area contributed by atoms with E-state index < -0.39 is 0 Å². The van der Waals surface area contributed by atoms with Crippen molar-refractivity contribution in [3.63, 3.8) is 0 Å². The maximum atomic E-state index is 12.0. The number of nitrogens with zero attached hydrogens (tertiary/aromatic N) is 1. The molecule has 1 amide bonds. The lowest BCUT2D eigenvalue weighted by Crippen LogP contribution is -2.26. The molecule has 0 spiro atoms. The number of benzene rings is 3. The number of amides is 1. The number of anilines is 1. The lowest BCUT2D eigenvalue weighted by atomic mass is 10.0. The molecular formula is C20H18ClN3O2. The normalized spacial score (nSPS) is 10.8. The second-order valence-corrected chi connectivity index (χ2v) is 5.94. The standard InChI is InChI=1S/C20H18ClN3O2/c1-26-19-11-10-14-6-2-3-7-15(14)16(19)12-23-24-20(25)13-22-18-9-5-4-8-17(18)21/h2-12,22H,13H2,1H3,(H,24,25)/b23-12-. The van der Waals surface area contributed by atoms with Gasteiger partial charge in [0.2, 0.25) is 0 Å². The Morgan fingerprint density at radius 1 is 1.12 bits per heavy atom. The Hall–Kier alpha value is -3.05. The van der Waals surface area contributed by atoms with Gasteiger partial charge in [-0.15, -0.1) is 0 Å². The van der Waals surface area contributed by atoms with Crippen molar-refractivity contribution in [2.24, 2.45) is 5.10 Å². The molecule has 0 heterocycles. The number of methoxy groups -OCH3 is 1. The van der Waals surface area contributed by atoms with E-state index in [1.165, 1.54) is 0 Å². The average Bonchev–Trinajstić information content (AvgIpc) is 2.67. The zero-order valence-electron chi connectivity index (χ0n) is 14.2. The van der Waals surface area contributed by atoms with Gasteiger partial charge in [-0.2, -0.15) is 5.10 Å². The van der Waals surface area contributed by atoms with Gasteiger partial charge < -0.3 is 10.1 Å². The highest BCUT2D eigenvalue weighted by Gasteiger charge is 2.06. The van der Waals surface area contributed by atoms with Crippen molar-refractivity contribution in [3.8, 4) is 5.75 Å². The van der Waals surface area contributed by atoms with E-state index in [9.17, 15) is 4.79 Å². The fourth-order valence-corrected chi connectivity index (χ4v) is 2.78. The van der Waals surface area contributed by atoms with Gasteiger partial charge in [-0.3, -0.25) is 4.79 Å². The number of carbonyl (C=O) groups excluding carboxylic acids is 1. The molecule has 2 N–H and O–H groups in total. The first-order chi connectivity index (χ1) is 12.7. The number of halogens is 1. The van der Waals surface area contributed by atoms with Crippen LogP contribution in [-0.4, -0.2) is 25.8 Å². The molecule has 0 aliphatic carbocycles. The monoisotopic (exact) mass is 367 g/mol. The topological polar surface area (TPSA) is 62.7 Å². The second-order valence-electron chi connectivity index (χ2n) is 5.53. The molecule has 6 heteroatoms. The summed E-state index contributed by atoms with van der Waals surface area (Å²) in [6.45, 7) is 0.0632. The Morgan fingerprint density at radius 2 is 1.88 bits per heavy atom. The molecule has 0 radical (unpaired) electrons. The highest BCUT2D eigenvalue weighted by molar-refractivity contribution is 6.33. The zero-order valence-corrected chi connectivity index (χ0v) is 15.0. The summed E-state index contributed by atoms with van der Waals surface area (Å²) >= 11 is 6.04. The molecule has 132 valence electrons. The molecule has 3 aromatic carbocycles. The van der Waals surface area contributed by atoms with Gasteiger partial charge in [0, 0.05) is 5.56 Å². The van der Waals surface area contributed by atoms with Gasteiger partial charge >= 0.3 is 0 Å². The van der Waals surface area contributed by atoms with E-state index in [0.717, 1.165) is 16.3 Å². The minimum absolute atomic E-state index is 0.0632. The van der Waals surface area contributed by atoms with Gasteiger partial charge in [-0.25, -0.2) is 5.43 Å². The molecule has 3 aromatic rings. The van der Waals surface area contributed by atoms with Crippen LogP contribution in [0.5, 0.6) is 5.75 Å². The summed E-state index contributed by atoms with van der Waals surface area (Å²) in [4.78, 5) is 12.0. The third kappa shape index (κ3) is 4.13. The van der Waals surface area contributed by atoms with E-state index in [2.05, 4.69) is 15.8 Å². The third-order valence-corrected chi connectivity index (χ3v) is 4.18. The highest BCUT2D eigenvalue weighted by Crippen LogP contribution is 2.26. The molecule has 0 saturated heterocycles. The Balaban J connectivity index is 1.68. The predicted molar refractivity (Wildman–Crippen MR) is 106 cm³/mol. The molecule has 0 fully saturated rings. The summed E-state index contributed by atoms with van der Waals surface area (Å²) < 4.78 is 5.40. The van der Waals surface area contributed by atoms with Crippen LogP contribution < -0.4 is 15.5 Å². The summed E-state index contributed by atoms with van der Waals surface area (Å²) in [7, 11) is 1.60. The molecule has 0 aliphatic rings. The van der Waals surface area contributed by atoms with Crippen molar-refractivity contribution in [1.82, 2.24) is 5.43 Å². The maximum Gasteiger partial charge on any atom is 0.259 e. The van der Waals surface area contributed by atoms with Crippen molar-refractivity contribution in [3.05, 3.63) is 71.2 Å². The van der Waals surface area contributed by atoms with Crippen molar-refractivity contribution in [2.75, 3.05) is 19.0 Å². The Bertz CT molecular complexity index is 957. The first kappa shape index (κ1) is 17.8. The van der Waals surface area contributed by atoms with E-state index in [1.54, 1.807) is 25.5 Å². The van der Waals surface area contributed by atoms with E-state index in [4.69, 9.17) is 16.3 Å². The fraction of sp³-hybridized carbons (Fsp3) is 0.100. The molecular weight excluding hydrogens is 350 g/mol. The Morgan fingerprint density at radius 3 is 2.69 bits per heavy atom. The van der Waals surface area contributed by atoms with E-state index in [-0.39, 0.29) is 12.5 Å². The first-order valence-corrected chi connectivity index (χ1v) is 8.43. The van der Waals surface area contributed by atoms with E-state index >= 15 is 0 Å². The number of nitrogens with one attached hydrogen (secondary N) is 2. The van der Waals surface area contributed by atoms with Crippen LogP contribution in [0.15, 0.2) is 65.8 Å². The van der Waals surface area contributed by atoms with Gasteiger partial charge in [0.15, 0.2) is 0 Å². The van der Waals surface area contributed by atoms with Crippen molar-refractivity contribution < 1.29 is 9.53 Å². The van der Waals surface area contributed by atoms with Crippen LogP contribution in [0.3, 0.4) is 0 Å². The molecule has 3 rings (SSSR count). The Kier molecular flexibility index (Phi) is 5.71. The molecule has 26 heavy (non-hydrogen) atoms. The molecule has 0 unspecified atom stereocenters. The molecule has 0 bridgehead atoms. The van der Waals surface area contributed by atoms with Gasteiger partial charge in [0.05, 0.1) is 30.6 Å². The number of hydrogen-bond acceptors (Lipinski definition) is 4. The summed E-state index contributed by atoms with van der Waals surface area (Å²) in [5.41, 5.74) is 4.01. The number of fused-ring (bicyclic) bond motifs is 1. The van der Waals surface area contributed by atoms with E-state index in [1.807, 2.05) is 48.5 Å². The SMILES string of the molecule is COc1ccc2ccccc2c1/C=N\NC(=O)CNc1ccccc1Cl. The van der Waals surface area contributed by atoms with Crippen LogP contribution >= 0.6 is 11.6 Å². The summed E-state index contributed by atoms with van der Waals surface area (Å²) in [5.74, 6) is 0.413. The van der Waals surface area contributed by atoms with Crippen LogP contribution in [0.4, 0.5) is 5.69 Å². The molecule has 5 nitrogen and oxygen atoms in total. The van der Waals surface area contributed by atoms with Crippen molar-refractivity contribution in [1.29, 1.82) is 0 Å². The molecule has 0 aliphatic heterocycles. The molecule has 0 aromatic heterocycles. The average molecular weight is 368 g/mol. The first-order valence-electron chi connectivity index (χ1n) is 8.05. The lowest BCUT2D eigenvalue weighted by Gasteiger charge is -2.09. The number of carbonyl (C=O) groups is 1. The van der Waals surface area contributed by atoms with Crippen LogP contribution in [0.2, 0.25) is 5.02 Å². The Labute approximate surface area is 156 Å². The maximum absolute atomic E-state index is 12.0. The molecule has 0 saturated carbocycles. The fourth-order valence-electron chi connectivity index (χ4n) is 2.58. The lowest BCUT2D eigenvalue weighted by molar-refractivity contribution is -0.119. The minimum Gasteiger partial charge on any atom is -0.496 e. The summed E-state index contributed by atoms with van der Waals surface area (Å²) in [5, 5.41) is 9.66. The minimum atomic E-state index is -0.277. The second kappa shape index (κ2) is 8.36. The number of rotatable bonds is 6. The number of hydrogen-bond donors (Lipinski definition) is 2. The zero-order chi connectivity index (χ0) is 18.4. The van der Waals surface area contributed by atoms with E-state index in [0.29, 0.717) is 16.5 Å². The highest BCUT2D eigenvalue weighted by atomic mass is 35.5. The largest absolute Gasteiger partial charge is 0.496 e. The number of ether oxygens (including phenoxy) is 1. The van der Waals surface area contributed by atoms with Crippen LogP contribution in [0.25, 0.3) is 10.8 Å².